The smallest absolute Gasteiger partial charge is 0.221 e. The molecule has 0 heterocycles. The number of amides is 1. The van der Waals surface area contributed by atoms with Gasteiger partial charge >= 0.3 is 0 Å². The Labute approximate surface area is 120 Å². The number of benzene rings is 1. The number of hydrogen-bond acceptors (Lipinski definition) is 2. The summed E-state index contributed by atoms with van der Waals surface area (Å²) in [5, 5.41) is 6.93. The van der Waals surface area contributed by atoms with E-state index in [0.29, 0.717) is 18.0 Å². The zero-order valence-electron chi connectivity index (χ0n) is 12.1. The van der Waals surface area contributed by atoms with E-state index in [9.17, 15) is 4.79 Å². The molecule has 1 rings (SSSR count). The summed E-state index contributed by atoms with van der Waals surface area (Å²) < 4.78 is 0. The third kappa shape index (κ3) is 6.08. The van der Waals surface area contributed by atoms with Crippen molar-refractivity contribution >= 4 is 17.5 Å². The van der Waals surface area contributed by atoms with Gasteiger partial charge in [-0.1, -0.05) is 29.8 Å². The lowest BCUT2D eigenvalue weighted by atomic mass is 10.1. The first-order chi connectivity index (χ1) is 8.79. The maximum absolute atomic E-state index is 11.8. The monoisotopic (exact) mass is 282 g/mol. The molecule has 4 heteroatoms. The lowest BCUT2D eigenvalue weighted by molar-refractivity contribution is -0.121. The lowest BCUT2D eigenvalue weighted by Gasteiger charge is -2.21. The number of carbonyl (C=O) groups excluding carboxylic acids is 1. The fourth-order valence-electron chi connectivity index (χ4n) is 1.77. The van der Waals surface area contributed by atoms with Crippen molar-refractivity contribution in [3.8, 4) is 0 Å². The van der Waals surface area contributed by atoms with E-state index in [1.54, 1.807) is 0 Å². The predicted octanol–water partition coefficient (Wildman–Crippen LogP) is 3.30. The molecule has 0 radical (unpaired) electrons. The lowest BCUT2D eigenvalue weighted by Crippen LogP contribution is -2.38. The molecule has 0 saturated heterocycles. The van der Waals surface area contributed by atoms with Crippen LogP contribution in [0.15, 0.2) is 24.3 Å². The van der Waals surface area contributed by atoms with Crippen molar-refractivity contribution in [2.75, 3.05) is 6.54 Å². The average molecular weight is 283 g/mol. The maximum atomic E-state index is 11.8. The molecule has 3 nitrogen and oxygen atoms in total. The van der Waals surface area contributed by atoms with Crippen LogP contribution in [0, 0.1) is 0 Å². The second-order valence-electron chi connectivity index (χ2n) is 5.74. The third-order valence-corrected chi connectivity index (χ3v) is 3.10. The normalized spacial score (nSPS) is 13.1. The molecule has 0 aliphatic rings. The predicted molar refractivity (Wildman–Crippen MR) is 80.4 cm³/mol. The van der Waals surface area contributed by atoms with Crippen molar-refractivity contribution < 1.29 is 4.79 Å². The fourth-order valence-corrected chi connectivity index (χ4v) is 2.07. The number of rotatable bonds is 5. The number of carbonyl (C=O) groups is 1. The van der Waals surface area contributed by atoms with E-state index in [-0.39, 0.29) is 17.5 Å². The molecule has 0 spiro atoms. The molecule has 1 amide bonds. The zero-order valence-corrected chi connectivity index (χ0v) is 12.8. The Morgan fingerprint density at radius 1 is 1.32 bits per heavy atom. The van der Waals surface area contributed by atoms with Gasteiger partial charge in [-0.2, -0.15) is 0 Å². The Kier molecular flexibility index (Phi) is 5.83. The minimum atomic E-state index is -0.0733. The highest BCUT2D eigenvalue weighted by atomic mass is 35.5. The van der Waals surface area contributed by atoms with E-state index in [0.717, 1.165) is 5.56 Å². The molecule has 19 heavy (non-hydrogen) atoms. The van der Waals surface area contributed by atoms with Gasteiger partial charge in [-0.3, -0.25) is 4.79 Å². The quantitative estimate of drug-likeness (QED) is 0.870. The van der Waals surface area contributed by atoms with E-state index in [1.807, 2.05) is 31.2 Å². The largest absolute Gasteiger partial charge is 0.349 e. The van der Waals surface area contributed by atoms with Crippen LogP contribution in [0.2, 0.25) is 5.02 Å². The highest BCUT2D eigenvalue weighted by Gasteiger charge is 2.13. The molecule has 0 aliphatic heterocycles. The van der Waals surface area contributed by atoms with Crippen LogP contribution in [0.5, 0.6) is 0 Å². The van der Waals surface area contributed by atoms with Crippen LogP contribution in [0.1, 0.15) is 45.7 Å². The molecule has 0 bridgehead atoms. The topological polar surface area (TPSA) is 41.1 Å². The van der Waals surface area contributed by atoms with Crippen molar-refractivity contribution in [3.63, 3.8) is 0 Å². The molecule has 2 N–H and O–H groups in total. The molecule has 1 aromatic carbocycles. The van der Waals surface area contributed by atoms with Crippen LogP contribution in [0.25, 0.3) is 0 Å². The summed E-state index contributed by atoms with van der Waals surface area (Å²) >= 11 is 6.10. The molecular formula is C15H23ClN2O. The van der Waals surface area contributed by atoms with Crippen molar-refractivity contribution in [2.45, 2.75) is 45.7 Å². The molecular weight excluding hydrogens is 260 g/mol. The molecule has 0 aliphatic carbocycles. The van der Waals surface area contributed by atoms with Gasteiger partial charge in [-0.05, 0) is 39.3 Å². The zero-order chi connectivity index (χ0) is 14.5. The first-order valence-corrected chi connectivity index (χ1v) is 6.96. The Morgan fingerprint density at radius 2 is 1.95 bits per heavy atom. The Balaban J connectivity index is 2.43. The molecule has 0 aromatic heterocycles. The summed E-state index contributed by atoms with van der Waals surface area (Å²) in [7, 11) is 0. The van der Waals surface area contributed by atoms with Crippen LogP contribution in [-0.2, 0) is 4.79 Å². The molecule has 1 aromatic rings. The Bertz CT molecular complexity index is 426. The summed E-state index contributed by atoms with van der Waals surface area (Å²) in [6.45, 7) is 8.85. The van der Waals surface area contributed by atoms with E-state index < -0.39 is 0 Å². The van der Waals surface area contributed by atoms with Crippen LogP contribution < -0.4 is 10.6 Å². The van der Waals surface area contributed by atoms with Crippen LogP contribution >= 0.6 is 11.6 Å². The second kappa shape index (κ2) is 6.92. The molecule has 1 atom stereocenters. The van der Waals surface area contributed by atoms with E-state index >= 15 is 0 Å². The first-order valence-electron chi connectivity index (χ1n) is 6.58. The number of halogens is 1. The van der Waals surface area contributed by atoms with Gasteiger partial charge in [0.2, 0.25) is 5.91 Å². The third-order valence-electron chi connectivity index (χ3n) is 2.76. The minimum absolute atomic E-state index is 0.0316. The van der Waals surface area contributed by atoms with E-state index in [1.165, 1.54) is 0 Å². The standard InChI is InChI=1S/C15H23ClN2O/c1-11(12-7-5-6-8-13(12)16)18-14(19)9-10-17-15(2,3)4/h5-8,11,17H,9-10H2,1-4H3,(H,18,19)/t11-/m0/s1. The van der Waals surface area contributed by atoms with Gasteiger partial charge in [0.1, 0.15) is 0 Å². The SMILES string of the molecule is C[C@H](NC(=O)CCNC(C)(C)C)c1ccccc1Cl. The van der Waals surface area contributed by atoms with Crippen molar-refractivity contribution in [1.29, 1.82) is 0 Å². The van der Waals surface area contributed by atoms with E-state index in [2.05, 4.69) is 31.4 Å². The number of hydrogen-bond donors (Lipinski definition) is 2. The van der Waals surface area contributed by atoms with Gasteiger partial charge in [0, 0.05) is 23.5 Å². The van der Waals surface area contributed by atoms with Gasteiger partial charge in [0.15, 0.2) is 0 Å². The van der Waals surface area contributed by atoms with Crippen LogP contribution in [0.4, 0.5) is 0 Å². The summed E-state index contributed by atoms with van der Waals surface area (Å²) in [5.41, 5.74) is 0.982. The molecule has 0 fully saturated rings. The summed E-state index contributed by atoms with van der Waals surface area (Å²) in [6, 6.07) is 7.50. The van der Waals surface area contributed by atoms with E-state index in [4.69, 9.17) is 11.6 Å². The van der Waals surface area contributed by atoms with Gasteiger partial charge in [-0.25, -0.2) is 0 Å². The molecule has 0 unspecified atom stereocenters. The molecule has 0 saturated carbocycles. The van der Waals surface area contributed by atoms with Crippen molar-refractivity contribution in [1.82, 2.24) is 10.6 Å². The Hall–Kier alpha value is -1.06. The summed E-state index contributed by atoms with van der Waals surface area (Å²) in [4.78, 5) is 11.8. The highest BCUT2D eigenvalue weighted by Crippen LogP contribution is 2.21. The van der Waals surface area contributed by atoms with Gasteiger partial charge in [0.25, 0.3) is 0 Å². The number of nitrogens with one attached hydrogen (secondary N) is 2. The van der Waals surface area contributed by atoms with Gasteiger partial charge in [-0.15, -0.1) is 0 Å². The van der Waals surface area contributed by atoms with Crippen LogP contribution in [0.3, 0.4) is 0 Å². The highest BCUT2D eigenvalue weighted by molar-refractivity contribution is 6.31. The second-order valence-corrected chi connectivity index (χ2v) is 6.14. The van der Waals surface area contributed by atoms with Gasteiger partial charge in [0.05, 0.1) is 6.04 Å². The maximum Gasteiger partial charge on any atom is 0.221 e. The molecule has 106 valence electrons. The first kappa shape index (κ1) is 16.0. The van der Waals surface area contributed by atoms with Crippen LogP contribution in [-0.4, -0.2) is 18.0 Å². The van der Waals surface area contributed by atoms with Crippen molar-refractivity contribution in [2.24, 2.45) is 0 Å². The van der Waals surface area contributed by atoms with Crippen molar-refractivity contribution in [3.05, 3.63) is 34.9 Å². The minimum Gasteiger partial charge on any atom is -0.349 e. The average Bonchev–Trinajstić information content (AvgIpc) is 2.27. The Morgan fingerprint density at radius 3 is 2.53 bits per heavy atom. The van der Waals surface area contributed by atoms with Gasteiger partial charge < -0.3 is 10.6 Å². The summed E-state index contributed by atoms with van der Waals surface area (Å²) in [6.07, 6.45) is 0.464. The summed E-state index contributed by atoms with van der Waals surface area (Å²) in [5.74, 6) is 0.0316. The fraction of sp³-hybridized carbons (Fsp3) is 0.533.